The van der Waals surface area contributed by atoms with Crippen LogP contribution in [0.4, 0.5) is 5.69 Å². The largest absolute Gasteiger partial charge is 0.481 e. The van der Waals surface area contributed by atoms with E-state index in [-0.39, 0.29) is 49.6 Å². The summed E-state index contributed by atoms with van der Waals surface area (Å²) in [6.07, 6.45) is 0.710. The highest BCUT2D eigenvalue weighted by atomic mass is 16.7. The number of benzene rings is 2. The van der Waals surface area contributed by atoms with Crippen molar-refractivity contribution in [2.45, 2.75) is 89.6 Å². The monoisotopic (exact) mass is 568 g/mol. The summed E-state index contributed by atoms with van der Waals surface area (Å²) in [6.45, 7) is 6.90. The van der Waals surface area contributed by atoms with E-state index in [1.54, 1.807) is 12.1 Å². The van der Waals surface area contributed by atoms with Gasteiger partial charge in [0.05, 0.1) is 25.2 Å². The molecule has 1 amide bonds. The molecule has 2 aromatic rings. The van der Waals surface area contributed by atoms with E-state index in [4.69, 9.17) is 19.3 Å². The fourth-order valence-electron chi connectivity index (χ4n) is 5.14. The van der Waals surface area contributed by atoms with Gasteiger partial charge in [-0.1, -0.05) is 36.4 Å². The lowest BCUT2D eigenvalue weighted by atomic mass is 9.99. The van der Waals surface area contributed by atoms with Crippen molar-refractivity contribution < 1.29 is 38.8 Å². The molecule has 2 aliphatic rings. The number of likely N-dealkylation sites (tertiary alicyclic amines) is 1. The molecule has 10 nitrogen and oxygen atoms in total. The summed E-state index contributed by atoms with van der Waals surface area (Å²) in [5, 5.41) is 21.0. The average molecular weight is 569 g/mol. The molecule has 4 unspecified atom stereocenters. The Hall–Kier alpha value is -3.31. The van der Waals surface area contributed by atoms with Crippen molar-refractivity contribution in [1.82, 2.24) is 4.90 Å². The van der Waals surface area contributed by atoms with Gasteiger partial charge in [0.25, 0.3) is 0 Å². The summed E-state index contributed by atoms with van der Waals surface area (Å²) >= 11 is 0. The van der Waals surface area contributed by atoms with E-state index in [1.165, 1.54) is 0 Å². The number of carboxylic acids is 1. The summed E-state index contributed by atoms with van der Waals surface area (Å²) in [5.74, 6) is -1.61. The third-order valence-electron chi connectivity index (χ3n) is 7.13. The Morgan fingerprint density at radius 1 is 1.00 bits per heavy atom. The van der Waals surface area contributed by atoms with E-state index < -0.39 is 17.9 Å². The third kappa shape index (κ3) is 8.84. The quantitative estimate of drug-likeness (QED) is 0.358. The van der Waals surface area contributed by atoms with E-state index in [0.29, 0.717) is 18.7 Å². The van der Waals surface area contributed by atoms with Crippen molar-refractivity contribution in [3.05, 3.63) is 65.2 Å². The highest BCUT2D eigenvalue weighted by Crippen LogP contribution is 2.39. The highest BCUT2D eigenvalue weighted by molar-refractivity contribution is 5.92. The van der Waals surface area contributed by atoms with Gasteiger partial charge in [0, 0.05) is 30.6 Å². The van der Waals surface area contributed by atoms with Crippen LogP contribution >= 0.6 is 0 Å². The predicted molar refractivity (Wildman–Crippen MR) is 151 cm³/mol. The molecule has 2 aromatic carbocycles. The standard InChI is InChI=1S/C31H40N2O8/c1-31(2,3)41-29(38)25-5-4-16-33(25)18-24-17-26(21-8-6-20(19-34)7-9-21)40-30(39-24)22-10-12-23(13-11-22)32-27(35)14-15-28(36)37/h6-13,24-26,30,34H,4-5,14-19H2,1-3H3,(H,32,35)(H,36,37). The number of anilines is 1. The molecule has 0 aliphatic carbocycles. The molecule has 4 rings (SSSR count). The van der Waals surface area contributed by atoms with E-state index in [0.717, 1.165) is 36.1 Å². The molecule has 222 valence electrons. The van der Waals surface area contributed by atoms with Crippen molar-refractivity contribution in [3.63, 3.8) is 0 Å². The SMILES string of the molecule is CC(C)(C)OC(=O)C1CCCN1CC1CC(c2ccc(CO)cc2)OC(c2ccc(NC(=O)CCC(=O)O)cc2)O1. The molecule has 3 N–H and O–H groups in total. The third-order valence-corrected chi connectivity index (χ3v) is 7.13. The summed E-state index contributed by atoms with van der Waals surface area (Å²) < 4.78 is 18.5. The Kier molecular flexibility index (Phi) is 10.1. The fraction of sp³-hybridized carbons (Fsp3) is 0.516. The maximum Gasteiger partial charge on any atom is 0.323 e. The number of carbonyl (C=O) groups is 3. The van der Waals surface area contributed by atoms with Gasteiger partial charge in [-0.3, -0.25) is 19.3 Å². The number of nitrogens with one attached hydrogen (secondary N) is 1. The van der Waals surface area contributed by atoms with Crippen LogP contribution in [0, 0.1) is 0 Å². The van der Waals surface area contributed by atoms with Gasteiger partial charge < -0.3 is 29.7 Å². The van der Waals surface area contributed by atoms with Crippen molar-refractivity contribution in [2.75, 3.05) is 18.4 Å². The lowest BCUT2D eigenvalue weighted by Gasteiger charge is -2.38. The molecule has 2 fully saturated rings. The van der Waals surface area contributed by atoms with Gasteiger partial charge in [0.1, 0.15) is 11.6 Å². The van der Waals surface area contributed by atoms with Gasteiger partial charge in [0.15, 0.2) is 6.29 Å². The number of nitrogens with zero attached hydrogens (tertiary/aromatic N) is 1. The number of ether oxygens (including phenoxy) is 3. The number of rotatable bonds is 10. The second-order valence-electron chi connectivity index (χ2n) is 11.6. The number of hydrogen-bond acceptors (Lipinski definition) is 8. The maximum atomic E-state index is 12.9. The van der Waals surface area contributed by atoms with Crippen LogP contribution in [0.15, 0.2) is 48.5 Å². The molecule has 0 aromatic heterocycles. The van der Waals surface area contributed by atoms with Crippen LogP contribution in [0.25, 0.3) is 0 Å². The minimum atomic E-state index is -1.02. The molecule has 2 aliphatic heterocycles. The Balaban J connectivity index is 1.49. The van der Waals surface area contributed by atoms with Crippen LogP contribution in [0.3, 0.4) is 0 Å². The average Bonchev–Trinajstić information content (AvgIpc) is 3.39. The number of hydrogen-bond donors (Lipinski definition) is 3. The molecule has 4 atom stereocenters. The highest BCUT2D eigenvalue weighted by Gasteiger charge is 2.38. The Labute approximate surface area is 240 Å². The summed E-state index contributed by atoms with van der Waals surface area (Å²) in [5.41, 5.74) is 2.53. The Morgan fingerprint density at radius 2 is 1.68 bits per heavy atom. The predicted octanol–water partition coefficient (Wildman–Crippen LogP) is 4.33. The summed E-state index contributed by atoms with van der Waals surface area (Å²) in [6, 6.07) is 14.4. The number of esters is 1. The van der Waals surface area contributed by atoms with Gasteiger partial charge in [0.2, 0.25) is 5.91 Å². The topological polar surface area (TPSA) is 135 Å². The molecule has 2 saturated heterocycles. The number of aliphatic carboxylic acids is 1. The first-order valence-electron chi connectivity index (χ1n) is 14.1. The van der Waals surface area contributed by atoms with E-state index in [1.807, 2.05) is 57.2 Å². The lowest BCUT2D eigenvalue weighted by molar-refractivity contribution is -0.253. The Morgan fingerprint density at radius 3 is 2.32 bits per heavy atom. The molecule has 0 saturated carbocycles. The smallest absolute Gasteiger partial charge is 0.323 e. The second-order valence-corrected chi connectivity index (χ2v) is 11.6. The van der Waals surface area contributed by atoms with E-state index in [9.17, 15) is 19.5 Å². The molecular formula is C31H40N2O8. The zero-order valence-corrected chi connectivity index (χ0v) is 23.9. The number of aliphatic hydroxyl groups excluding tert-OH is 1. The minimum absolute atomic E-state index is 0.0413. The van der Waals surface area contributed by atoms with E-state index >= 15 is 0 Å². The first-order chi connectivity index (χ1) is 19.5. The molecular weight excluding hydrogens is 528 g/mol. The van der Waals surface area contributed by atoms with Crippen LogP contribution in [0.5, 0.6) is 0 Å². The van der Waals surface area contributed by atoms with Crippen molar-refractivity contribution >= 4 is 23.5 Å². The van der Waals surface area contributed by atoms with Crippen LogP contribution in [-0.4, -0.2) is 63.8 Å². The van der Waals surface area contributed by atoms with Crippen LogP contribution in [0.1, 0.15) is 82.0 Å². The van der Waals surface area contributed by atoms with Crippen LogP contribution < -0.4 is 5.32 Å². The molecule has 10 heteroatoms. The number of aliphatic hydroxyl groups is 1. The second kappa shape index (κ2) is 13.6. The molecule has 0 spiro atoms. The van der Waals surface area contributed by atoms with Gasteiger partial charge in [-0.05, 0) is 63.4 Å². The maximum absolute atomic E-state index is 12.9. The Bertz CT molecular complexity index is 1190. The molecule has 0 radical (unpaired) electrons. The minimum Gasteiger partial charge on any atom is -0.481 e. The van der Waals surface area contributed by atoms with Gasteiger partial charge in [-0.25, -0.2) is 0 Å². The number of carbonyl (C=O) groups excluding carboxylic acids is 2. The zero-order chi connectivity index (χ0) is 29.6. The van der Waals surface area contributed by atoms with Gasteiger partial charge >= 0.3 is 11.9 Å². The summed E-state index contributed by atoms with van der Waals surface area (Å²) in [7, 11) is 0. The first kappa shape index (κ1) is 30.6. The zero-order valence-electron chi connectivity index (χ0n) is 23.9. The van der Waals surface area contributed by atoms with Crippen molar-refractivity contribution in [3.8, 4) is 0 Å². The van der Waals surface area contributed by atoms with Crippen molar-refractivity contribution in [2.24, 2.45) is 0 Å². The van der Waals surface area contributed by atoms with Crippen LogP contribution in [-0.2, 0) is 35.2 Å². The van der Waals surface area contributed by atoms with E-state index in [2.05, 4.69) is 10.2 Å². The number of amides is 1. The fourth-order valence-corrected chi connectivity index (χ4v) is 5.14. The molecule has 41 heavy (non-hydrogen) atoms. The van der Waals surface area contributed by atoms with Crippen LogP contribution in [0.2, 0.25) is 0 Å². The lowest BCUT2D eigenvalue weighted by Crippen LogP contribution is -2.45. The van der Waals surface area contributed by atoms with Gasteiger partial charge in [-0.2, -0.15) is 0 Å². The summed E-state index contributed by atoms with van der Waals surface area (Å²) in [4.78, 5) is 37.8. The van der Waals surface area contributed by atoms with Crippen molar-refractivity contribution in [1.29, 1.82) is 0 Å². The first-order valence-corrected chi connectivity index (χ1v) is 14.1. The number of carboxylic acid groups (broad SMARTS) is 1. The van der Waals surface area contributed by atoms with Gasteiger partial charge in [-0.15, -0.1) is 0 Å². The normalized spacial score (nSPS) is 23.2. The molecule has 0 bridgehead atoms. The molecule has 2 heterocycles.